The summed E-state index contributed by atoms with van der Waals surface area (Å²) in [7, 11) is 0. The van der Waals surface area contributed by atoms with Crippen molar-refractivity contribution >= 4 is 5.91 Å². The molecule has 1 amide bonds. The molecule has 1 atom stereocenters. The molecule has 0 spiro atoms. The van der Waals surface area contributed by atoms with E-state index in [2.05, 4.69) is 10.2 Å². The van der Waals surface area contributed by atoms with Crippen LogP contribution in [-0.4, -0.2) is 48.7 Å². The Morgan fingerprint density at radius 1 is 1.20 bits per heavy atom. The van der Waals surface area contributed by atoms with Crippen molar-refractivity contribution in [1.29, 1.82) is 0 Å². The molecule has 0 radical (unpaired) electrons. The molecule has 7 heteroatoms. The van der Waals surface area contributed by atoms with E-state index in [1.165, 1.54) is 0 Å². The number of hydrogen-bond donors (Lipinski definition) is 2. The van der Waals surface area contributed by atoms with Gasteiger partial charge in [-0.25, -0.2) is 0 Å². The van der Waals surface area contributed by atoms with Crippen molar-refractivity contribution in [2.75, 3.05) is 26.2 Å². The van der Waals surface area contributed by atoms with Gasteiger partial charge in [-0.05, 0) is 32.9 Å². The maximum Gasteiger partial charge on any atom is 0.389 e. The highest BCUT2D eigenvalue weighted by Gasteiger charge is 2.33. The van der Waals surface area contributed by atoms with E-state index in [0.717, 1.165) is 19.6 Å². The van der Waals surface area contributed by atoms with Crippen molar-refractivity contribution < 1.29 is 18.0 Å². The first-order chi connectivity index (χ1) is 9.14. The van der Waals surface area contributed by atoms with Crippen LogP contribution in [0.25, 0.3) is 0 Å². The van der Waals surface area contributed by atoms with Crippen molar-refractivity contribution in [3.05, 3.63) is 0 Å². The molecule has 0 heterocycles. The second-order valence-electron chi connectivity index (χ2n) is 5.12. The molecule has 0 bridgehead atoms. The number of nitrogens with one attached hydrogen (secondary N) is 1. The van der Waals surface area contributed by atoms with Gasteiger partial charge >= 0.3 is 6.18 Å². The molecule has 20 heavy (non-hydrogen) atoms. The zero-order chi connectivity index (χ0) is 15.8. The molecule has 0 aliphatic rings. The number of carbonyl (C=O) groups is 1. The third-order valence-corrected chi connectivity index (χ3v) is 3.52. The van der Waals surface area contributed by atoms with Gasteiger partial charge in [-0.2, -0.15) is 13.2 Å². The number of amides is 1. The number of halogens is 3. The summed E-state index contributed by atoms with van der Waals surface area (Å²) in [6, 6.07) is 0. The molecule has 0 aromatic heterocycles. The zero-order valence-electron chi connectivity index (χ0n) is 12.5. The van der Waals surface area contributed by atoms with Crippen LogP contribution in [0.2, 0.25) is 0 Å². The van der Waals surface area contributed by atoms with Crippen LogP contribution in [0, 0.1) is 0 Å². The van der Waals surface area contributed by atoms with E-state index in [0.29, 0.717) is 6.54 Å². The summed E-state index contributed by atoms with van der Waals surface area (Å²) in [5.74, 6) is -0.612. The fraction of sp³-hybridized carbons (Fsp3) is 0.923. The second-order valence-corrected chi connectivity index (χ2v) is 5.12. The van der Waals surface area contributed by atoms with Crippen LogP contribution in [0.4, 0.5) is 13.2 Å². The minimum atomic E-state index is -4.19. The van der Waals surface area contributed by atoms with E-state index >= 15 is 0 Å². The zero-order valence-corrected chi connectivity index (χ0v) is 12.5. The Kier molecular flexibility index (Phi) is 8.12. The maximum absolute atomic E-state index is 12.1. The first-order valence-corrected chi connectivity index (χ1v) is 6.98. The number of rotatable bonds is 10. The lowest BCUT2D eigenvalue weighted by atomic mass is 9.94. The molecule has 0 aliphatic carbocycles. The molecule has 3 N–H and O–H groups in total. The topological polar surface area (TPSA) is 58.4 Å². The van der Waals surface area contributed by atoms with E-state index < -0.39 is 24.0 Å². The summed E-state index contributed by atoms with van der Waals surface area (Å²) >= 11 is 0. The fourth-order valence-corrected chi connectivity index (χ4v) is 1.97. The van der Waals surface area contributed by atoms with Crippen LogP contribution in [0.1, 0.15) is 40.0 Å². The Morgan fingerprint density at radius 3 is 2.15 bits per heavy atom. The third kappa shape index (κ3) is 7.69. The second kappa shape index (κ2) is 8.46. The smallest absolute Gasteiger partial charge is 0.368 e. The van der Waals surface area contributed by atoms with Crippen LogP contribution in [-0.2, 0) is 4.79 Å². The average Bonchev–Trinajstić information content (AvgIpc) is 2.33. The number of hydrogen-bond acceptors (Lipinski definition) is 3. The maximum atomic E-state index is 12.1. The van der Waals surface area contributed by atoms with E-state index in [4.69, 9.17) is 5.73 Å². The van der Waals surface area contributed by atoms with Gasteiger partial charge in [-0.15, -0.1) is 0 Å². The molecule has 0 saturated carbocycles. The van der Waals surface area contributed by atoms with Gasteiger partial charge in [-0.1, -0.05) is 13.8 Å². The van der Waals surface area contributed by atoms with Crippen molar-refractivity contribution in [3.8, 4) is 0 Å². The normalized spacial score (nSPS) is 15.3. The molecule has 0 fully saturated rings. The standard InChI is InChI=1S/C13H26F3N3O/c1-4-19(5-2)10-9-18-12(3,11(17)20)7-6-8-13(14,15)16/h18H,4-10H2,1-3H3,(H2,17,20). The Labute approximate surface area is 118 Å². The number of nitrogens with two attached hydrogens (primary N) is 1. The lowest BCUT2D eigenvalue weighted by molar-refractivity contribution is -0.138. The van der Waals surface area contributed by atoms with Crippen LogP contribution in [0.5, 0.6) is 0 Å². The van der Waals surface area contributed by atoms with Gasteiger partial charge in [0.15, 0.2) is 0 Å². The average molecular weight is 297 g/mol. The van der Waals surface area contributed by atoms with Gasteiger partial charge in [0.25, 0.3) is 0 Å². The summed E-state index contributed by atoms with van der Waals surface area (Å²) in [4.78, 5) is 13.6. The number of carbonyl (C=O) groups excluding carboxylic acids is 1. The van der Waals surface area contributed by atoms with E-state index in [9.17, 15) is 18.0 Å². The highest BCUT2D eigenvalue weighted by Crippen LogP contribution is 2.24. The number of primary amides is 1. The first kappa shape index (κ1) is 19.2. The summed E-state index contributed by atoms with van der Waals surface area (Å²) in [6.45, 7) is 8.65. The summed E-state index contributed by atoms with van der Waals surface area (Å²) in [6.07, 6.45) is -5.12. The molecule has 120 valence electrons. The van der Waals surface area contributed by atoms with E-state index in [-0.39, 0.29) is 12.8 Å². The van der Waals surface area contributed by atoms with Gasteiger partial charge in [0.2, 0.25) is 5.91 Å². The molecule has 1 unspecified atom stereocenters. The third-order valence-electron chi connectivity index (χ3n) is 3.52. The molecular formula is C13H26F3N3O. The number of nitrogens with zero attached hydrogens (tertiary/aromatic N) is 1. The van der Waals surface area contributed by atoms with Gasteiger partial charge in [0.05, 0.1) is 5.54 Å². The number of alkyl halides is 3. The SMILES string of the molecule is CCN(CC)CCNC(C)(CCCC(F)(F)F)C(N)=O. The van der Waals surface area contributed by atoms with Crippen molar-refractivity contribution in [2.45, 2.75) is 51.7 Å². The van der Waals surface area contributed by atoms with Crippen molar-refractivity contribution in [3.63, 3.8) is 0 Å². The fourth-order valence-electron chi connectivity index (χ4n) is 1.97. The van der Waals surface area contributed by atoms with Gasteiger partial charge in [-0.3, -0.25) is 4.79 Å². The molecule has 0 saturated heterocycles. The lowest BCUT2D eigenvalue weighted by Crippen LogP contribution is -2.54. The van der Waals surface area contributed by atoms with Crippen LogP contribution < -0.4 is 11.1 Å². The molecular weight excluding hydrogens is 271 g/mol. The Hall–Kier alpha value is -0.820. The summed E-state index contributed by atoms with van der Waals surface area (Å²) < 4.78 is 36.4. The quantitative estimate of drug-likeness (QED) is 0.647. The van der Waals surface area contributed by atoms with Crippen LogP contribution >= 0.6 is 0 Å². The van der Waals surface area contributed by atoms with Crippen molar-refractivity contribution in [1.82, 2.24) is 10.2 Å². The first-order valence-electron chi connectivity index (χ1n) is 6.98. The summed E-state index contributed by atoms with van der Waals surface area (Å²) in [5, 5.41) is 3.00. The molecule has 0 aromatic carbocycles. The lowest BCUT2D eigenvalue weighted by Gasteiger charge is -2.29. The molecule has 0 aliphatic heterocycles. The predicted octanol–water partition coefficient (Wildman–Crippen LogP) is 1.89. The Balaban J connectivity index is 4.28. The van der Waals surface area contributed by atoms with Gasteiger partial charge < -0.3 is 16.0 Å². The minimum absolute atomic E-state index is 0.0834. The van der Waals surface area contributed by atoms with Crippen molar-refractivity contribution in [2.24, 2.45) is 5.73 Å². The molecule has 0 aromatic rings. The Bertz CT molecular complexity index is 293. The predicted molar refractivity (Wildman–Crippen MR) is 73.3 cm³/mol. The van der Waals surface area contributed by atoms with Crippen LogP contribution in [0.15, 0.2) is 0 Å². The van der Waals surface area contributed by atoms with Gasteiger partial charge in [0.1, 0.15) is 0 Å². The minimum Gasteiger partial charge on any atom is -0.368 e. The van der Waals surface area contributed by atoms with Crippen LogP contribution in [0.3, 0.4) is 0 Å². The molecule has 0 rings (SSSR count). The van der Waals surface area contributed by atoms with E-state index in [1.54, 1.807) is 6.92 Å². The largest absolute Gasteiger partial charge is 0.389 e. The number of likely N-dealkylation sites (N-methyl/N-ethyl adjacent to an activating group) is 1. The molecule has 4 nitrogen and oxygen atoms in total. The monoisotopic (exact) mass is 297 g/mol. The van der Waals surface area contributed by atoms with E-state index in [1.807, 2.05) is 13.8 Å². The summed E-state index contributed by atoms with van der Waals surface area (Å²) in [5.41, 5.74) is 4.22. The van der Waals surface area contributed by atoms with Gasteiger partial charge in [0, 0.05) is 19.5 Å². The highest BCUT2D eigenvalue weighted by atomic mass is 19.4. The Morgan fingerprint density at radius 2 is 1.75 bits per heavy atom. The highest BCUT2D eigenvalue weighted by molar-refractivity contribution is 5.84.